The summed E-state index contributed by atoms with van der Waals surface area (Å²) in [6.45, 7) is 4.12. The van der Waals surface area contributed by atoms with Gasteiger partial charge in [-0.25, -0.2) is 9.78 Å². The first-order chi connectivity index (χ1) is 12.7. The molecule has 1 aliphatic heterocycles. The molecule has 0 atom stereocenters. The van der Waals surface area contributed by atoms with Crippen LogP contribution in [-0.2, 0) is 11.2 Å². The lowest BCUT2D eigenvalue weighted by molar-refractivity contribution is 0.0600. The van der Waals surface area contributed by atoms with Gasteiger partial charge in [-0.1, -0.05) is 12.1 Å². The minimum Gasteiger partial charge on any atom is -0.465 e. The molecule has 0 bridgehead atoms. The van der Waals surface area contributed by atoms with Crippen molar-refractivity contribution in [3.8, 4) is 0 Å². The van der Waals surface area contributed by atoms with Crippen molar-refractivity contribution in [2.75, 3.05) is 44.7 Å². The normalized spacial score (nSPS) is 15.2. The highest BCUT2D eigenvalue weighted by atomic mass is 32.1. The molecule has 1 aromatic heterocycles. The van der Waals surface area contributed by atoms with E-state index in [0.29, 0.717) is 18.1 Å². The van der Waals surface area contributed by atoms with Gasteiger partial charge in [0.25, 0.3) is 0 Å². The molecule has 8 heteroatoms. The maximum absolute atomic E-state index is 11.4. The zero-order chi connectivity index (χ0) is 18.4. The molecule has 3 rings (SSSR count). The Morgan fingerprint density at radius 3 is 2.62 bits per heavy atom. The van der Waals surface area contributed by atoms with Crippen molar-refractivity contribution < 1.29 is 9.53 Å². The van der Waals surface area contributed by atoms with E-state index in [0.717, 1.165) is 43.3 Å². The van der Waals surface area contributed by atoms with Crippen LogP contribution in [0.25, 0.3) is 0 Å². The molecule has 0 unspecified atom stereocenters. The summed E-state index contributed by atoms with van der Waals surface area (Å²) >= 11 is 1.66. The molecule has 0 saturated carbocycles. The second kappa shape index (κ2) is 8.66. The Labute approximate surface area is 157 Å². The van der Waals surface area contributed by atoms with Crippen LogP contribution in [0, 0.1) is 0 Å². The van der Waals surface area contributed by atoms with E-state index in [1.807, 2.05) is 23.7 Å². The quantitative estimate of drug-likeness (QED) is 0.487. The second-order valence-corrected chi connectivity index (χ2v) is 6.84. The summed E-state index contributed by atoms with van der Waals surface area (Å²) in [5.74, 6) is 0.269. The molecule has 0 aliphatic carbocycles. The van der Waals surface area contributed by atoms with E-state index in [1.54, 1.807) is 23.5 Å². The number of rotatable bonds is 5. The number of thiazole rings is 1. The van der Waals surface area contributed by atoms with Crippen molar-refractivity contribution in [3.05, 3.63) is 47.0 Å². The SMILES string of the molecule is COC(=O)c1ccc(CCN=C(N)N2CCN(c3nccs3)CC2)cc1. The van der Waals surface area contributed by atoms with E-state index in [4.69, 9.17) is 10.5 Å². The number of piperazine rings is 1. The minimum atomic E-state index is -0.323. The third kappa shape index (κ3) is 4.51. The Balaban J connectivity index is 1.46. The predicted molar refractivity (Wildman–Crippen MR) is 104 cm³/mol. The number of methoxy groups -OCH3 is 1. The number of hydrogen-bond donors (Lipinski definition) is 1. The highest BCUT2D eigenvalue weighted by molar-refractivity contribution is 7.13. The molecule has 2 heterocycles. The van der Waals surface area contributed by atoms with Crippen molar-refractivity contribution in [2.45, 2.75) is 6.42 Å². The third-order valence-electron chi connectivity index (χ3n) is 4.34. The van der Waals surface area contributed by atoms with Gasteiger partial charge in [0.05, 0.1) is 12.7 Å². The van der Waals surface area contributed by atoms with Gasteiger partial charge in [-0.05, 0) is 24.1 Å². The lowest BCUT2D eigenvalue weighted by Crippen LogP contribution is -2.51. The molecule has 0 amide bonds. The van der Waals surface area contributed by atoms with Gasteiger partial charge in [-0.3, -0.25) is 4.99 Å². The van der Waals surface area contributed by atoms with E-state index < -0.39 is 0 Å². The Morgan fingerprint density at radius 2 is 2.00 bits per heavy atom. The summed E-state index contributed by atoms with van der Waals surface area (Å²) in [6.07, 6.45) is 2.61. The van der Waals surface area contributed by atoms with E-state index in [2.05, 4.69) is 19.8 Å². The van der Waals surface area contributed by atoms with Gasteiger partial charge in [0, 0.05) is 44.3 Å². The Hall–Kier alpha value is -2.61. The Bertz CT molecular complexity index is 737. The van der Waals surface area contributed by atoms with Gasteiger partial charge >= 0.3 is 5.97 Å². The minimum absolute atomic E-state index is 0.323. The monoisotopic (exact) mass is 373 g/mol. The van der Waals surface area contributed by atoms with Crippen molar-refractivity contribution in [1.82, 2.24) is 9.88 Å². The molecular weight excluding hydrogens is 350 g/mol. The average molecular weight is 373 g/mol. The highest BCUT2D eigenvalue weighted by Gasteiger charge is 2.19. The van der Waals surface area contributed by atoms with Gasteiger partial charge < -0.3 is 20.3 Å². The predicted octanol–water partition coefficient (Wildman–Crippen LogP) is 1.61. The number of carbonyl (C=O) groups is 1. The fourth-order valence-electron chi connectivity index (χ4n) is 2.82. The zero-order valence-electron chi connectivity index (χ0n) is 14.8. The molecular formula is C18H23N5O2S. The maximum Gasteiger partial charge on any atom is 0.337 e. The molecule has 26 heavy (non-hydrogen) atoms. The van der Waals surface area contributed by atoms with Crippen LogP contribution < -0.4 is 10.6 Å². The smallest absolute Gasteiger partial charge is 0.337 e. The van der Waals surface area contributed by atoms with Crippen molar-refractivity contribution in [1.29, 1.82) is 0 Å². The number of anilines is 1. The van der Waals surface area contributed by atoms with Crippen LogP contribution in [-0.4, -0.2) is 61.6 Å². The molecule has 2 aromatic rings. The van der Waals surface area contributed by atoms with E-state index in [1.165, 1.54) is 7.11 Å². The molecule has 138 valence electrons. The molecule has 1 aromatic carbocycles. The summed E-state index contributed by atoms with van der Waals surface area (Å²) < 4.78 is 4.70. The van der Waals surface area contributed by atoms with Crippen molar-refractivity contribution >= 4 is 28.4 Å². The lowest BCUT2D eigenvalue weighted by atomic mass is 10.1. The standard InChI is InChI=1S/C18H23N5O2S/c1-25-16(24)15-4-2-14(3-5-15)6-7-20-17(19)22-9-11-23(12-10-22)18-21-8-13-26-18/h2-5,8,13H,6-7,9-12H2,1H3,(H2,19,20). The number of benzene rings is 1. The van der Waals surface area contributed by atoms with Crippen LogP contribution in [0.2, 0.25) is 0 Å². The van der Waals surface area contributed by atoms with E-state index >= 15 is 0 Å². The Morgan fingerprint density at radius 1 is 1.27 bits per heavy atom. The van der Waals surface area contributed by atoms with Gasteiger partial charge in [0.2, 0.25) is 0 Å². The van der Waals surface area contributed by atoms with Gasteiger partial charge in [0.1, 0.15) is 0 Å². The summed E-state index contributed by atoms with van der Waals surface area (Å²) in [7, 11) is 1.38. The van der Waals surface area contributed by atoms with Crippen LogP contribution >= 0.6 is 11.3 Å². The number of carbonyl (C=O) groups excluding carboxylic acids is 1. The van der Waals surface area contributed by atoms with Crippen LogP contribution in [0.15, 0.2) is 40.8 Å². The van der Waals surface area contributed by atoms with Crippen LogP contribution in [0.3, 0.4) is 0 Å². The van der Waals surface area contributed by atoms with E-state index in [-0.39, 0.29) is 5.97 Å². The van der Waals surface area contributed by atoms with Crippen LogP contribution in [0.5, 0.6) is 0 Å². The molecule has 0 spiro atoms. The summed E-state index contributed by atoms with van der Waals surface area (Å²) in [4.78, 5) is 24.7. The molecule has 1 fully saturated rings. The number of ether oxygens (including phenoxy) is 1. The third-order valence-corrected chi connectivity index (χ3v) is 5.18. The summed E-state index contributed by atoms with van der Waals surface area (Å²) in [5, 5.41) is 3.06. The van der Waals surface area contributed by atoms with Crippen LogP contribution in [0.4, 0.5) is 5.13 Å². The Kier molecular flexibility index (Phi) is 6.06. The fourth-order valence-corrected chi connectivity index (χ4v) is 3.52. The first-order valence-electron chi connectivity index (χ1n) is 8.54. The second-order valence-electron chi connectivity index (χ2n) is 5.97. The van der Waals surface area contributed by atoms with Gasteiger partial charge in [-0.15, -0.1) is 11.3 Å². The van der Waals surface area contributed by atoms with E-state index in [9.17, 15) is 4.79 Å². The molecule has 0 radical (unpaired) electrons. The topological polar surface area (TPSA) is 84.0 Å². The first-order valence-corrected chi connectivity index (χ1v) is 9.42. The number of guanidine groups is 1. The maximum atomic E-state index is 11.4. The number of aliphatic imine (C=N–C) groups is 1. The average Bonchev–Trinajstić information content (AvgIpc) is 3.23. The largest absolute Gasteiger partial charge is 0.465 e. The fraction of sp³-hybridized carbons (Fsp3) is 0.389. The van der Waals surface area contributed by atoms with Crippen LogP contribution in [0.1, 0.15) is 15.9 Å². The van der Waals surface area contributed by atoms with Gasteiger partial charge in [-0.2, -0.15) is 0 Å². The highest BCUT2D eigenvalue weighted by Crippen LogP contribution is 2.18. The number of esters is 1. The molecule has 1 saturated heterocycles. The van der Waals surface area contributed by atoms with Crippen molar-refractivity contribution in [3.63, 3.8) is 0 Å². The molecule has 2 N–H and O–H groups in total. The first kappa shape index (κ1) is 18.2. The summed E-state index contributed by atoms with van der Waals surface area (Å²) in [6, 6.07) is 7.38. The zero-order valence-corrected chi connectivity index (χ0v) is 15.6. The summed E-state index contributed by atoms with van der Waals surface area (Å²) in [5.41, 5.74) is 7.81. The molecule has 7 nitrogen and oxygen atoms in total. The lowest BCUT2D eigenvalue weighted by Gasteiger charge is -2.35. The number of hydrogen-bond acceptors (Lipinski definition) is 6. The molecule has 1 aliphatic rings. The number of nitrogens with zero attached hydrogens (tertiary/aromatic N) is 4. The van der Waals surface area contributed by atoms with Crippen molar-refractivity contribution in [2.24, 2.45) is 10.7 Å². The number of nitrogens with two attached hydrogens (primary N) is 1. The van der Waals surface area contributed by atoms with Gasteiger partial charge in [0.15, 0.2) is 11.1 Å². The number of aromatic nitrogens is 1.